The molecule has 0 saturated heterocycles. The second-order valence-corrected chi connectivity index (χ2v) is 5.13. The second-order valence-electron chi connectivity index (χ2n) is 4.22. The molecule has 1 aromatic heterocycles. The Hall–Kier alpha value is -1.32. The minimum absolute atomic E-state index is 0.782. The van der Waals surface area contributed by atoms with Crippen LogP contribution in [-0.2, 0) is 6.54 Å². The lowest BCUT2D eigenvalue weighted by Gasteiger charge is -2.04. The lowest BCUT2D eigenvalue weighted by molar-refractivity contribution is 0.317. The van der Waals surface area contributed by atoms with E-state index >= 15 is 0 Å². The topological polar surface area (TPSA) is 21.3 Å². The standard InChI is InChI=1S/C15H19NOS/c1-3-8-17-14-6-4-13(5-7-14)15-9-12(10-16-2)11-18-15/h4-7,9,11,16H,3,8,10H2,1-2H3. The first kappa shape index (κ1) is 13.1. The second kappa shape index (κ2) is 6.57. The normalized spacial score (nSPS) is 10.6. The van der Waals surface area contributed by atoms with Crippen LogP contribution in [0.15, 0.2) is 35.7 Å². The minimum atomic E-state index is 0.782. The van der Waals surface area contributed by atoms with Crippen LogP contribution >= 0.6 is 11.3 Å². The van der Waals surface area contributed by atoms with Gasteiger partial charge in [-0.3, -0.25) is 0 Å². The van der Waals surface area contributed by atoms with Gasteiger partial charge in [-0.25, -0.2) is 0 Å². The summed E-state index contributed by atoms with van der Waals surface area (Å²) in [5.41, 5.74) is 2.59. The van der Waals surface area contributed by atoms with E-state index in [-0.39, 0.29) is 0 Å². The molecule has 0 aliphatic carbocycles. The molecule has 1 aromatic carbocycles. The van der Waals surface area contributed by atoms with E-state index in [0.29, 0.717) is 0 Å². The molecule has 0 fully saturated rings. The van der Waals surface area contributed by atoms with Crippen LogP contribution in [0.3, 0.4) is 0 Å². The monoisotopic (exact) mass is 261 g/mol. The van der Waals surface area contributed by atoms with Gasteiger partial charge >= 0.3 is 0 Å². The molecular weight excluding hydrogens is 242 g/mol. The van der Waals surface area contributed by atoms with Crippen LogP contribution in [-0.4, -0.2) is 13.7 Å². The third-order valence-corrected chi connectivity index (χ3v) is 3.67. The van der Waals surface area contributed by atoms with Crippen molar-refractivity contribution < 1.29 is 4.74 Å². The van der Waals surface area contributed by atoms with Crippen molar-refractivity contribution in [1.29, 1.82) is 0 Å². The van der Waals surface area contributed by atoms with Gasteiger partial charge < -0.3 is 10.1 Å². The molecule has 0 atom stereocenters. The number of rotatable bonds is 6. The van der Waals surface area contributed by atoms with Gasteiger partial charge in [0.25, 0.3) is 0 Å². The van der Waals surface area contributed by atoms with Crippen LogP contribution in [0.25, 0.3) is 10.4 Å². The van der Waals surface area contributed by atoms with E-state index < -0.39 is 0 Å². The maximum atomic E-state index is 5.58. The summed E-state index contributed by atoms with van der Waals surface area (Å²) in [5, 5.41) is 5.37. The summed E-state index contributed by atoms with van der Waals surface area (Å²) in [5.74, 6) is 0.951. The largest absolute Gasteiger partial charge is 0.494 e. The lowest BCUT2D eigenvalue weighted by Crippen LogP contribution is -2.03. The Bertz CT molecular complexity index is 475. The minimum Gasteiger partial charge on any atom is -0.494 e. The zero-order valence-electron chi connectivity index (χ0n) is 10.9. The molecule has 96 valence electrons. The molecule has 2 nitrogen and oxygen atoms in total. The summed E-state index contributed by atoms with van der Waals surface area (Å²) in [7, 11) is 1.97. The molecule has 0 saturated carbocycles. The zero-order valence-corrected chi connectivity index (χ0v) is 11.7. The third-order valence-electron chi connectivity index (χ3n) is 2.65. The Labute approximate surface area is 113 Å². The number of hydrogen-bond acceptors (Lipinski definition) is 3. The van der Waals surface area contributed by atoms with Gasteiger partial charge in [-0.15, -0.1) is 11.3 Å². The van der Waals surface area contributed by atoms with Gasteiger partial charge in [-0.1, -0.05) is 6.92 Å². The summed E-state index contributed by atoms with van der Waals surface area (Å²) in [6.07, 6.45) is 1.04. The predicted octanol–water partition coefficient (Wildman–Crippen LogP) is 3.92. The Morgan fingerprint density at radius 3 is 2.67 bits per heavy atom. The van der Waals surface area contributed by atoms with E-state index in [1.165, 1.54) is 16.0 Å². The van der Waals surface area contributed by atoms with E-state index in [2.05, 4.69) is 35.8 Å². The quantitative estimate of drug-likeness (QED) is 0.851. The molecule has 0 spiro atoms. The van der Waals surface area contributed by atoms with Crippen molar-refractivity contribution >= 4 is 11.3 Å². The third kappa shape index (κ3) is 3.34. The van der Waals surface area contributed by atoms with Crippen LogP contribution in [0.5, 0.6) is 5.75 Å². The van der Waals surface area contributed by atoms with Crippen molar-refractivity contribution in [3.63, 3.8) is 0 Å². The molecule has 0 unspecified atom stereocenters. The van der Waals surface area contributed by atoms with Gasteiger partial charge in [0.1, 0.15) is 5.75 Å². The van der Waals surface area contributed by atoms with Crippen LogP contribution in [0.4, 0.5) is 0 Å². The molecule has 18 heavy (non-hydrogen) atoms. The predicted molar refractivity (Wildman–Crippen MR) is 78.3 cm³/mol. The first-order chi connectivity index (χ1) is 8.83. The van der Waals surface area contributed by atoms with E-state index in [4.69, 9.17) is 4.74 Å². The van der Waals surface area contributed by atoms with Crippen molar-refractivity contribution in [2.45, 2.75) is 19.9 Å². The van der Waals surface area contributed by atoms with Gasteiger partial charge in [0, 0.05) is 11.4 Å². The van der Waals surface area contributed by atoms with Crippen molar-refractivity contribution in [2.75, 3.05) is 13.7 Å². The first-order valence-electron chi connectivity index (χ1n) is 6.28. The van der Waals surface area contributed by atoms with Gasteiger partial charge in [0.2, 0.25) is 0 Å². The van der Waals surface area contributed by atoms with Crippen LogP contribution in [0, 0.1) is 0 Å². The van der Waals surface area contributed by atoms with Crippen molar-refractivity contribution in [3.8, 4) is 16.2 Å². The van der Waals surface area contributed by atoms with Gasteiger partial charge in [0.05, 0.1) is 6.61 Å². The molecule has 0 bridgehead atoms. The van der Waals surface area contributed by atoms with Gasteiger partial charge in [0.15, 0.2) is 0 Å². The maximum Gasteiger partial charge on any atom is 0.119 e. The SMILES string of the molecule is CCCOc1ccc(-c2cc(CNC)cs2)cc1. The molecule has 0 radical (unpaired) electrons. The molecule has 1 N–H and O–H groups in total. The molecular formula is C15H19NOS. The summed E-state index contributed by atoms with van der Waals surface area (Å²) >= 11 is 1.79. The molecule has 0 amide bonds. The fraction of sp³-hybridized carbons (Fsp3) is 0.333. The summed E-state index contributed by atoms with van der Waals surface area (Å²) in [4.78, 5) is 1.31. The first-order valence-corrected chi connectivity index (χ1v) is 7.16. The summed E-state index contributed by atoms with van der Waals surface area (Å²) in [6.45, 7) is 3.82. The van der Waals surface area contributed by atoms with Crippen LogP contribution in [0.2, 0.25) is 0 Å². The van der Waals surface area contributed by atoms with E-state index in [1.807, 2.05) is 19.2 Å². The van der Waals surface area contributed by atoms with Gasteiger partial charge in [-0.2, -0.15) is 0 Å². The summed E-state index contributed by atoms with van der Waals surface area (Å²) < 4.78 is 5.58. The molecule has 2 aromatic rings. The lowest BCUT2D eigenvalue weighted by atomic mass is 10.1. The zero-order chi connectivity index (χ0) is 12.8. The van der Waals surface area contributed by atoms with Crippen molar-refractivity contribution in [1.82, 2.24) is 5.32 Å². The Morgan fingerprint density at radius 2 is 2.00 bits per heavy atom. The molecule has 0 aliphatic rings. The average Bonchev–Trinajstić information content (AvgIpc) is 2.86. The fourth-order valence-electron chi connectivity index (χ4n) is 1.76. The van der Waals surface area contributed by atoms with Crippen molar-refractivity contribution in [3.05, 3.63) is 41.3 Å². The molecule has 3 heteroatoms. The number of thiophene rings is 1. The van der Waals surface area contributed by atoms with Gasteiger partial charge in [-0.05, 0) is 60.3 Å². The molecule has 1 heterocycles. The number of ether oxygens (including phenoxy) is 1. The average molecular weight is 261 g/mol. The highest BCUT2D eigenvalue weighted by molar-refractivity contribution is 7.13. The van der Waals surface area contributed by atoms with Crippen LogP contribution < -0.4 is 10.1 Å². The number of hydrogen-bond donors (Lipinski definition) is 1. The Balaban J connectivity index is 2.07. The van der Waals surface area contributed by atoms with E-state index in [9.17, 15) is 0 Å². The fourth-order valence-corrected chi connectivity index (χ4v) is 2.68. The smallest absolute Gasteiger partial charge is 0.119 e. The van der Waals surface area contributed by atoms with Crippen molar-refractivity contribution in [2.24, 2.45) is 0 Å². The Kier molecular flexibility index (Phi) is 4.79. The van der Waals surface area contributed by atoms with E-state index in [0.717, 1.165) is 25.3 Å². The van der Waals surface area contributed by atoms with E-state index in [1.54, 1.807) is 11.3 Å². The maximum absolute atomic E-state index is 5.58. The highest BCUT2D eigenvalue weighted by Gasteiger charge is 2.02. The summed E-state index contributed by atoms with van der Waals surface area (Å²) in [6, 6.07) is 10.6. The highest BCUT2D eigenvalue weighted by atomic mass is 32.1. The van der Waals surface area contributed by atoms with Crippen LogP contribution in [0.1, 0.15) is 18.9 Å². The molecule has 2 rings (SSSR count). The highest BCUT2D eigenvalue weighted by Crippen LogP contribution is 2.28. The number of benzene rings is 1. The molecule has 0 aliphatic heterocycles. The Morgan fingerprint density at radius 1 is 1.22 bits per heavy atom. The number of nitrogens with one attached hydrogen (secondary N) is 1.